The van der Waals surface area contributed by atoms with Gasteiger partial charge in [0.2, 0.25) is 5.91 Å². The van der Waals surface area contributed by atoms with Gasteiger partial charge >= 0.3 is 5.97 Å². The maximum absolute atomic E-state index is 11.7. The van der Waals surface area contributed by atoms with Gasteiger partial charge in [-0.25, -0.2) is 0 Å². The molecule has 0 aromatic carbocycles. The number of amides is 1. The van der Waals surface area contributed by atoms with Gasteiger partial charge in [0.15, 0.2) is 0 Å². The van der Waals surface area contributed by atoms with Crippen LogP contribution >= 0.6 is 0 Å². The van der Waals surface area contributed by atoms with Crippen LogP contribution in [-0.2, 0) is 19.1 Å². The molecular weight excluding hydrogens is 248 g/mol. The lowest BCUT2D eigenvalue weighted by molar-refractivity contribution is -0.140. The second-order valence-electron chi connectivity index (χ2n) is 4.74. The van der Waals surface area contributed by atoms with Crippen LogP contribution in [0.15, 0.2) is 0 Å². The predicted molar refractivity (Wildman–Crippen MR) is 70.7 cm³/mol. The number of likely N-dealkylation sites (tertiary alicyclic amines) is 1. The molecule has 0 atom stereocenters. The molecule has 0 saturated carbocycles. The smallest absolute Gasteiger partial charge is 0.305 e. The Hall–Kier alpha value is -1.14. The predicted octanol–water partition coefficient (Wildman–Crippen LogP) is 0.167. The van der Waals surface area contributed by atoms with E-state index in [0.717, 1.165) is 25.9 Å². The van der Waals surface area contributed by atoms with Gasteiger partial charge in [0, 0.05) is 33.2 Å². The van der Waals surface area contributed by atoms with E-state index in [2.05, 4.69) is 15.0 Å². The van der Waals surface area contributed by atoms with Crippen molar-refractivity contribution in [2.24, 2.45) is 0 Å². The van der Waals surface area contributed by atoms with E-state index in [1.165, 1.54) is 7.11 Å². The molecule has 6 nitrogen and oxygen atoms in total. The van der Waals surface area contributed by atoms with E-state index in [4.69, 9.17) is 4.74 Å². The SMILES string of the molecule is COC(=O)CCCNC(=O)CN1CCC(OC)CC1. The highest BCUT2D eigenvalue weighted by atomic mass is 16.5. The average Bonchev–Trinajstić information content (AvgIpc) is 2.44. The number of rotatable bonds is 7. The summed E-state index contributed by atoms with van der Waals surface area (Å²) in [5.41, 5.74) is 0. The number of carbonyl (C=O) groups is 2. The van der Waals surface area contributed by atoms with E-state index in [0.29, 0.717) is 32.0 Å². The maximum atomic E-state index is 11.7. The van der Waals surface area contributed by atoms with Gasteiger partial charge in [0.1, 0.15) is 0 Å². The molecule has 0 bridgehead atoms. The third-order valence-electron chi connectivity index (χ3n) is 3.34. The van der Waals surface area contributed by atoms with Crippen molar-refractivity contribution >= 4 is 11.9 Å². The Balaban J connectivity index is 2.06. The van der Waals surface area contributed by atoms with Crippen molar-refractivity contribution in [2.45, 2.75) is 31.8 Å². The van der Waals surface area contributed by atoms with E-state index in [-0.39, 0.29) is 11.9 Å². The summed E-state index contributed by atoms with van der Waals surface area (Å²) in [5.74, 6) is -0.225. The molecule has 1 N–H and O–H groups in total. The fourth-order valence-corrected chi connectivity index (χ4v) is 2.12. The van der Waals surface area contributed by atoms with Crippen LogP contribution in [0.2, 0.25) is 0 Å². The largest absolute Gasteiger partial charge is 0.469 e. The molecule has 0 unspecified atom stereocenters. The quantitative estimate of drug-likeness (QED) is 0.528. The Morgan fingerprint density at radius 2 is 1.95 bits per heavy atom. The van der Waals surface area contributed by atoms with Crippen molar-refractivity contribution in [3.05, 3.63) is 0 Å². The molecule has 6 heteroatoms. The summed E-state index contributed by atoms with van der Waals surface area (Å²) in [4.78, 5) is 24.7. The van der Waals surface area contributed by atoms with Crippen LogP contribution in [0, 0.1) is 0 Å². The van der Waals surface area contributed by atoms with Gasteiger partial charge in [-0.2, -0.15) is 0 Å². The van der Waals surface area contributed by atoms with Crippen LogP contribution in [0.5, 0.6) is 0 Å². The first-order chi connectivity index (χ1) is 9.15. The minimum Gasteiger partial charge on any atom is -0.469 e. The van der Waals surface area contributed by atoms with Crippen molar-refractivity contribution in [2.75, 3.05) is 40.4 Å². The van der Waals surface area contributed by atoms with Gasteiger partial charge < -0.3 is 14.8 Å². The van der Waals surface area contributed by atoms with Gasteiger partial charge in [-0.15, -0.1) is 0 Å². The topological polar surface area (TPSA) is 67.9 Å². The second-order valence-corrected chi connectivity index (χ2v) is 4.74. The fourth-order valence-electron chi connectivity index (χ4n) is 2.12. The third-order valence-corrected chi connectivity index (χ3v) is 3.34. The van der Waals surface area contributed by atoms with Gasteiger partial charge in [-0.3, -0.25) is 14.5 Å². The Morgan fingerprint density at radius 3 is 2.53 bits per heavy atom. The molecule has 110 valence electrons. The van der Waals surface area contributed by atoms with Crippen molar-refractivity contribution in [1.82, 2.24) is 10.2 Å². The molecule has 1 aliphatic rings. The molecule has 19 heavy (non-hydrogen) atoms. The first-order valence-corrected chi connectivity index (χ1v) is 6.74. The molecule has 1 amide bonds. The zero-order valence-electron chi connectivity index (χ0n) is 11.8. The summed E-state index contributed by atoms with van der Waals surface area (Å²) in [5, 5.41) is 2.81. The number of hydrogen-bond donors (Lipinski definition) is 1. The minimum absolute atomic E-state index is 0.0146. The van der Waals surface area contributed by atoms with Crippen LogP contribution < -0.4 is 5.32 Å². The number of ether oxygens (including phenoxy) is 2. The summed E-state index contributed by atoms with van der Waals surface area (Å²) in [6.07, 6.45) is 3.25. The van der Waals surface area contributed by atoms with Gasteiger partial charge in [-0.05, 0) is 19.3 Å². The summed E-state index contributed by atoms with van der Waals surface area (Å²) < 4.78 is 9.81. The Morgan fingerprint density at radius 1 is 1.26 bits per heavy atom. The molecule has 1 rings (SSSR count). The van der Waals surface area contributed by atoms with Gasteiger partial charge in [0.05, 0.1) is 19.8 Å². The van der Waals surface area contributed by atoms with Crippen LogP contribution in [0.25, 0.3) is 0 Å². The lowest BCUT2D eigenvalue weighted by Crippen LogP contribution is -2.43. The summed E-state index contributed by atoms with van der Waals surface area (Å²) >= 11 is 0. The highest BCUT2D eigenvalue weighted by Crippen LogP contribution is 2.12. The van der Waals surface area contributed by atoms with Crippen LogP contribution in [0.4, 0.5) is 0 Å². The van der Waals surface area contributed by atoms with E-state index in [1.54, 1.807) is 7.11 Å². The van der Waals surface area contributed by atoms with Gasteiger partial charge in [0.25, 0.3) is 0 Å². The highest BCUT2D eigenvalue weighted by molar-refractivity contribution is 5.78. The average molecular weight is 272 g/mol. The zero-order valence-corrected chi connectivity index (χ0v) is 11.8. The number of methoxy groups -OCH3 is 2. The monoisotopic (exact) mass is 272 g/mol. The number of nitrogens with one attached hydrogen (secondary N) is 1. The van der Waals surface area contributed by atoms with E-state index < -0.39 is 0 Å². The summed E-state index contributed by atoms with van der Waals surface area (Å²) in [7, 11) is 3.10. The van der Waals surface area contributed by atoms with Crippen molar-refractivity contribution in [1.29, 1.82) is 0 Å². The zero-order chi connectivity index (χ0) is 14.1. The Kier molecular flexibility index (Phi) is 7.43. The number of carbonyl (C=O) groups excluding carboxylic acids is 2. The minimum atomic E-state index is -0.240. The van der Waals surface area contributed by atoms with Crippen LogP contribution in [-0.4, -0.2) is 63.3 Å². The molecule has 0 radical (unpaired) electrons. The number of hydrogen-bond acceptors (Lipinski definition) is 5. The maximum Gasteiger partial charge on any atom is 0.305 e. The summed E-state index contributed by atoms with van der Waals surface area (Å²) in [6.45, 7) is 2.74. The molecule has 0 aliphatic carbocycles. The third kappa shape index (κ3) is 6.54. The summed E-state index contributed by atoms with van der Waals surface area (Å²) in [6, 6.07) is 0. The first kappa shape index (κ1) is 15.9. The van der Waals surface area contributed by atoms with Crippen LogP contribution in [0.1, 0.15) is 25.7 Å². The first-order valence-electron chi connectivity index (χ1n) is 6.74. The van der Waals surface area contributed by atoms with Crippen LogP contribution in [0.3, 0.4) is 0 Å². The normalized spacial score (nSPS) is 17.2. The van der Waals surface area contributed by atoms with Crippen molar-refractivity contribution < 1.29 is 19.1 Å². The Labute approximate surface area is 114 Å². The highest BCUT2D eigenvalue weighted by Gasteiger charge is 2.20. The fraction of sp³-hybridized carbons (Fsp3) is 0.846. The van der Waals surface area contributed by atoms with Crippen molar-refractivity contribution in [3.63, 3.8) is 0 Å². The number of esters is 1. The molecular formula is C13H24N2O4. The van der Waals surface area contributed by atoms with E-state index >= 15 is 0 Å². The van der Waals surface area contributed by atoms with Crippen molar-refractivity contribution in [3.8, 4) is 0 Å². The molecule has 1 aliphatic heterocycles. The lowest BCUT2D eigenvalue weighted by atomic mass is 10.1. The molecule has 0 aromatic rings. The molecule has 0 aromatic heterocycles. The Bertz CT molecular complexity index is 288. The number of piperidine rings is 1. The lowest BCUT2D eigenvalue weighted by Gasteiger charge is -2.30. The molecule has 1 saturated heterocycles. The van der Waals surface area contributed by atoms with E-state index in [1.807, 2.05) is 0 Å². The molecule has 0 spiro atoms. The number of nitrogens with zero attached hydrogens (tertiary/aromatic N) is 1. The molecule has 1 heterocycles. The van der Waals surface area contributed by atoms with Gasteiger partial charge in [-0.1, -0.05) is 0 Å². The second kappa shape index (κ2) is 8.87. The molecule has 1 fully saturated rings. The van der Waals surface area contributed by atoms with E-state index in [9.17, 15) is 9.59 Å². The standard InChI is InChI=1S/C13H24N2O4/c1-18-11-5-8-15(9-6-11)10-12(16)14-7-3-4-13(17)19-2/h11H,3-10H2,1-2H3,(H,14,16).